The van der Waals surface area contributed by atoms with Crippen molar-refractivity contribution in [1.29, 1.82) is 0 Å². The number of likely N-dealkylation sites (tertiary alicyclic amines) is 1. The van der Waals surface area contributed by atoms with Gasteiger partial charge in [0, 0.05) is 25.0 Å². The molecule has 13 nitrogen and oxygen atoms in total. The van der Waals surface area contributed by atoms with Crippen molar-refractivity contribution in [3.05, 3.63) is 79.2 Å². The van der Waals surface area contributed by atoms with Gasteiger partial charge in [0.15, 0.2) is 15.5 Å². The van der Waals surface area contributed by atoms with Crippen LogP contribution >= 0.6 is 27.5 Å². The molecule has 2 aliphatic rings. The van der Waals surface area contributed by atoms with Gasteiger partial charge in [0.05, 0.1) is 27.6 Å². The minimum atomic E-state index is -4.65. The van der Waals surface area contributed by atoms with E-state index >= 15 is 0 Å². The van der Waals surface area contributed by atoms with Gasteiger partial charge in [0.2, 0.25) is 16.4 Å². The van der Waals surface area contributed by atoms with Crippen LogP contribution in [-0.4, -0.2) is 67.5 Å². The number of amides is 2. The highest BCUT2D eigenvalue weighted by Crippen LogP contribution is 2.48. The zero-order valence-electron chi connectivity index (χ0n) is 22.7. The van der Waals surface area contributed by atoms with Crippen molar-refractivity contribution in [3.63, 3.8) is 0 Å². The summed E-state index contributed by atoms with van der Waals surface area (Å²) in [4.78, 5) is 49.4. The van der Waals surface area contributed by atoms with Crippen molar-refractivity contribution in [2.75, 3.05) is 18.4 Å². The van der Waals surface area contributed by atoms with Gasteiger partial charge in [-0.15, -0.1) is 5.10 Å². The van der Waals surface area contributed by atoms with E-state index in [9.17, 15) is 41.1 Å². The Kier molecular flexibility index (Phi) is 7.43. The first-order chi connectivity index (χ1) is 21.1. The molecule has 0 aliphatic carbocycles. The van der Waals surface area contributed by atoms with Crippen LogP contribution in [0.3, 0.4) is 0 Å². The number of rotatable bonds is 4. The molecule has 0 radical (unpaired) electrons. The summed E-state index contributed by atoms with van der Waals surface area (Å²) < 4.78 is 67.2. The predicted octanol–water partition coefficient (Wildman–Crippen LogP) is 3.12. The van der Waals surface area contributed by atoms with E-state index < -0.39 is 56.0 Å². The Morgan fingerprint density at radius 1 is 1.18 bits per heavy atom. The largest absolute Gasteiger partial charge is 0.505 e. The summed E-state index contributed by atoms with van der Waals surface area (Å²) in [5.74, 6) is -2.51. The van der Waals surface area contributed by atoms with Crippen LogP contribution in [0.15, 0.2) is 46.1 Å². The lowest BCUT2D eigenvalue weighted by Gasteiger charge is -2.38. The molecule has 45 heavy (non-hydrogen) atoms. The molecule has 236 valence electrons. The number of fused-ring (bicyclic) bond motifs is 3. The molecule has 6 rings (SSSR count). The van der Waals surface area contributed by atoms with E-state index in [-0.39, 0.29) is 69.9 Å². The first-order valence-corrected chi connectivity index (χ1v) is 16.0. The molecule has 1 saturated heterocycles. The molecule has 1 fully saturated rings. The third-order valence-electron chi connectivity index (χ3n) is 7.92. The number of aromatic hydroxyl groups is 1. The molecule has 5 heterocycles. The van der Waals surface area contributed by atoms with Crippen molar-refractivity contribution in [2.45, 2.75) is 36.1 Å². The van der Waals surface area contributed by atoms with E-state index in [1.165, 1.54) is 27.8 Å². The van der Waals surface area contributed by atoms with Crippen LogP contribution < -0.4 is 10.9 Å². The molecule has 2 aliphatic heterocycles. The second-order valence-corrected chi connectivity index (χ2v) is 13.9. The Morgan fingerprint density at radius 2 is 1.89 bits per heavy atom. The number of aromatic nitrogens is 5. The molecule has 0 saturated carbocycles. The van der Waals surface area contributed by atoms with Crippen LogP contribution in [0.1, 0.15) is 40.2 Å². The van der Waals surface area contributed by atoms with Crippen molar-refractivity contribution in [1.82, 2.24) is 29.0 Å². The molecule has 2 N–H and O–H groups in total. The van der Waals surface area contributed by atoms with Crippen LogP contribution in [0.2, 0.25) is 5.02 Å². The van der Waals surface area contributed by atoms with E-state index in [0.29, 0.717) is 6.07 Å². The van der Waals surface area contributed by atoms with Crippen molar-refractivity contribution in [2.24, 2.45) is 0 Å². The Morgan fingerprint density at radius 3 is 2.53 bits per heavy atom. The number of carbonyl (C=O) groups is 2. The Balaban J connectivity index is 1.36. The molecule has 2 amide bonds. The standard InChI is InChI=1S/C26H20BrClF3N7O6S/c27-23-34-24-37(11-18(40)33-15-4-3-13(10-14(15)28)26(29,30)31)16-12-45(43,44)25(19(16)21(41)38(24)35-23)5-8-36(9-6-25)22(42)20-17(39)2-1-7-32-20/h1-4,7,10,39H,5-6,8-9,11-12H2,(H,33,40). The number of pyridine rings is 1. The topological polar surface area (TPSA) is 169 Å². The van der Waals surface area contributed by atoms with E-state index in [1.807, 2.05) is 0 Å². The highest BCUT2D eigenvalue weighted by Gasteiger charge is 2.56. The number of nitrogens with zero attached hydrogens (tertiary/aromatic N) is 6. The summed E-state index contributed by atoms with van der Waals surface area (Å²) in [6.07, 6.45) is -3.64. The number of hydrogen-bond acceptors (Lipinski definition) is 9. The number of anilines is 1. The Labute approximate surface area is 264 Å². The van der Waals surface area contributed by atoms with Crippen molar-refractivity contribution in [3.8, 4) is 5.75 Å². The number of carbonyl (C=O) groups excluding carboxylic acids is 2. The van der Waals surface area contributed by atoms with Crippen LogP contribution in [0, 0.1) is 0 Å². The molecular weight excluding hydrogens is 711 g/mol. The highest BCUT2D eigenvalue weighted by molar-refractivity contribution is 9.10. The van der Waals surface area contributed by atoms with Gasteiger partial charge < -0.3 is 19.9 Å². The van der Waals surface area contributed by atoms with E-state index in [0.717, 1.165) is 16.6 Å². The third kappa shape index (κ3) is 5.13. The summed E-state index contributed by atoms with van der Waals surface area (Å²) in [5.41, 5.74) is -2.20. The zero-order chi connectivity index (χ0) is 32.5. The number of nitrogens with one attached hydrogen (secondary N) is 1. The zero-order valence-corrected chi connectivity index (χ0v) is 25.8. The minimum Gasteiger partial charge on any atom is -0.505 e. The van der Waals surface area contributed by atoms with Crippen molar-refractivity contribution >= 4 is 60.6 Å². The number of benzene rings is 1. The summed E-state index contributed by atoms with van der Waals surface area (Å²) in [7, 11) is -4.09. The number of sulfone groups is 1. The van der Waals surface area contributed by atoms with E-state index in [2.05, 4.69) is 36.3 Å². The molecule has 19 heteroatoms. The second-order valence-electron chi connectivity index (χ2n) is 10.5. The molecule has 0 bridgehead atoms. The van der Waals surface area contributed by atoms with Gasteiger partial charge in [0.25, 0.3) is 11.5 Å². The van der Waals surface area contributed by atoms with Gasteiger partial charge in [-0.05, 0) is 59.1 Å². The number of hydrogen-bond donors (Lipinski definition) is 2. The fourth-order valence-corrected chi connectivity index (χ4v) is 8.59. The van der Waals surface area contributed by atoms with Gasteiger partial charge in [-0.2, -0.15) is 22.7 Å². The number of halogens is 5. The highest BCUT2D eigenvalue weighted by atomic mass is 79.9. The van der Waals surface area contributed by atoms with Crippen LogP contribution in [0.4, 0.5) is 18.9 Å². The average molecular weight is 731 g/mol. The van der Waals surface area contributed by atoms with Gasteiger partial charge >= 0.3 is 6.18 Å². The normalized spacial score (nSPS) is 17.0. The molecule has 0 unspecified atom stereocenters. The first-order valence-electron chi connectivity index (χ1n) is 13.1. The fraction of sp³-hybridized carbons (Fsp3) is 0.308. The average Bonchev–Trinajstić information content (AvgIpc) is 3.47. The number of alkyl halides is 3. The first kappa shape index (κ1) is 31.0. The SMILES string of the molecule is O=C(Cn1c2c(c(=O)n3nc(Br)nc13)C1(CCN(C(=O)c3ncccc3O)CC1)S(=O)(=O)C2)Nc1ccc(C(F)(F)F)cc1Cl. The van der Waals surface area contributed by atoms with Gasteiger partial charge in [0.1, 0.15) is 17.0 Å². The fourth-order valence-electron chi connectivity index (χ4n) is 5.79. The molecule has 3 aromatic heterocycles. The Hall–Kier alpha value is -4.03. The molecule has 4 aromatic rings. The minimum absolute atomic E-state index is 0.00298. The maximum Gasteiger partial charge on any atom is 0.416 e. The van der Waals surface area contributed by atoms with Gasteiger partial charge in [-0.1, -0.05) is 11.6 Å². The molecule has 1 aromatic carbocycles. The lowest BCUT2D eigenvalue weighted by molar-refractivity contribution is -0.137. The quantitative estimate of drug-likeness (QED) is 0.321. The van der Waals surface area contributed by atoms with Crippen LogP contribution in [-0.2, 0) is 37.9 Å². The molecular formula is C26H20BrClF3N7O6S. The van der Waals surface area contributed by atoms with E-state index in [1.54, 1.807) is 0 Å². The smallest absolute Gasteiger partial charge is 0.416 e. The second kappa shape index (κ2) is 10.8. The van der Waals surface area contributed by atoms with Crippen LogP contribution in [0.25, 0.3) is 5.78 Å². The van der Waals surface area contributed by atoms with Gasteiger partial charge in [-0.25, -0.2) is 13.4 Å². The summed E-state index contributed by atoms with van der Waals surface area (Å²) >= 11 is 9.09. The monoisotopic (exact) mass is 729 g/mol. The maximum atomic E-state index is 13.8. The van der Waals surface area contributed by atoms with E-state index in [4.69, 9.17) is 11.6 Å². The Bertz CT molecular complexity index is 2080. The molecule has 1 spiro atoms. The lowest BCUT2D eigenvalue weighted by Crippen LogP contribution is -2.49. The van der Waals surface area contributed by atoms with Gasteiger partial charge in [-0.3, -0.25) is 14.4 Å². The predicted molar refractivity (Wildman–Crippen MR) is 155 cm³/mol. The molecule has 0 atom stereocenters. The summed E-state index contributed by atoms with van der Waals surface area (Å²) in [5, 5.41) is 16.2. The van der Waals surface area contributed by atoms with Crippen LogP contribution in [0.5, 0.6) is 5.75 Å². The maximum absolute atomic E-state index is 13.8. The third-order valence-corrected chi connectivity index (χ3v) is 11.0. The number of piperidine rings is 1. The van der Waals surface area contributed by atoms with Crippen molar-refractivity contribution < 1.29 is 36.3 Å². The lowest BCUT2D eigenvalue weighted by atomic mass is 9.88. The summed E-state index contributed by atoms with van der Waals surface area (Å²) in [6, 6.07) is 5.14. The summed E-state index contributed by atoms with van der Waals surface area (Å²) in [6.45, 7) is -0.762.